The molecule has 94 valence electrons. The third-order valence-electron chi connectivity index (χ3n) is 2.44. The largest absolute Gasteiger partial charge is 0.481 e. The first-order valence-corrected chi connectivity index (χ1v) is 5.37. The molecule has 1 N–H and O–H groups in total. The standard InChI is InChI=1S/C13H12F2N2O/c1-18-12-6-5-9(7-16-12)8-17-13-10(14)3-2-4-11(13)15/h2-7,17H,8H2,1H3. The van der Waals surface area contributed by atoms with Crippen LogP contribution in [0.2, 0.25) is 0 Å². The van der Waals surface area contributed by atoms with Crippen molar-refractivity contribution in [1.82, 2.24) is 4.98 Å². The van der Waals surface area contributed by atoms with E-state index in [1.54, 1.807) is 18.3 Å². The Morgan fingerprint density at radius 3 is 2.44 bits per heavy atom. The number of aromatic nitrogens is 1. The molecule has 0 saturated carbocycles. The predicted octanol–water partition coefficient (Wildman–Crippen LogP) is 2.98. The molecule has 0 radical (unpaired) electrons. The Labute approximate surface area is 103 Å². The molecule has 0 aliphatic rings. The van der Waals surface area contributed by atoms with Crippen molar-refractivity contribution in [3.63, 3.8) is 0 Å². The van der Waals surface area contributed by atoms with Crippen LogP contribution in [-0.4, -0.2) is 12.1 Å². The minimum Gasteiger partial charge on any atom is -0.481 e. The molecule has 1 heterocycles. The lowest BCUT2D eigenvalue weighted by Crippen LogP contribution is -2.04. The van der Waals surface area contributed by atoms with E-state index in [2.05, 4.69) is 10.3 Å². The van der Waals surface area contributed by atoms with Gasteiger partial charge in [0.15, 0.2) is 0 Å². The van der Waals surface area contributed by atoms with Crippen LogP contribution in [0.4, 0.5) is 14.5 Å². The number of nitrogens with zero attached hydrogens (tertiary/aromatic N) is 1. The summed E-state index contributed by atoms with van der Waals surface area (Å²) in [5, 5.41) is 2.70. The summed E-state index contributed by atoms with van der Waals surface area (Å²) in [6.45, 7) is 0.287. The second-order valence-electron chi connectivity index (χ2n) is 3.66. The fraction of sp³-hybridized carbons (Fsp3) is 0.154. The monoisotopic (exact) mass is 250 g/mol. The van der Waals surface area contributed by atoms with E-state index in [9.17, 15) is 8.78 Å². The third kappa shape index (κ3) is 2.74. The summed E-state index contributed by atoms with van der Waals surface area (Å²) in [4.78, 5) is 4.00. The number of methoxy groups -OCH3 is 1. The van der Waals surface area contributed by atoms with Crippen LogP contribution in [0.15, 0.2) is 36.5 Å². The summed E-state index contributed by atoms with van der Waals surface area (Å²) in [6, 6.07) is 7.20. The average Bonchev–Trinajstić information content (AvgIpc) is 2.39. The lowest BCUT2D eigenvalue weighted by molar-refractivity contribution is 0.397. The number of para-hydroxylation sites is 1. The first-order valence-electron chi connectivity index (χ1n) is 5.37. The molecule has 3 nitrogen and oxygen atoms in total. The van der Waals surface area contributed by atoms with Crippen molar-refractivity contribution >= 4 is 5.69 Å². The van der Waals surface area contributed by atoms with Crippen LogP contribution in [0.5, 0.6) is 5.88 Å². The summed E-state index contributed by atoms with van der Waals surface area (Å²) in [6.07, 6.45) is 1.59. The van der Waals surface area contributed by atoms with Gasteiger partial charge in [-0.1, -0.05) is 12.1 Å². The first kappa shape index (κ1) is 12.3. The molecule has 2 rings (SSSR count). The van der Waals surface area contributed by atoms with Crippen molar-refractivity contribution < 1.29 is 13.5 Å². The van der Waals surface area contributed by atoms with Crippen LogP contribution in [0.3, 0.4) is 0 Å². The number of benzene rings is 1. The maximum atomic E-state index is 13.3. The second kappa shape index (κ2) is 5.44. The summed E-state index contributed by atoms with van der Waals surface area (Å²) in [5.74, 6) is -0.733. The van der Waals surface area contributed by atoms with E-state index < -0.39 is 11.6 Å². The Bertz CT molecular complexity index is 509. The molecule has 0 unspecified atom stereocenters. The summed E-state index contributed by atoms with van der Waals surface area (Å²) in [5.41, 5.74) is 0.673. The van der Waals surface area contributed by atoms with Crippen molar-refractivity contribution in [2.24, 2.45) is 0 Å². The fourth-order valence-corrected chi connectivity index (χ4v) is 1.49. The minimum absolute atomic E-state index is 0.131. The van der Waals surface area contributed by atoms with Gasteiger partial charge in [0.25, 0.3) is 0 Å². The number of hydrogen-bond acceptors (Lipinski definition) is 3. The molecule has 0 saturated heterocycles. The van der Waals surface area contributed by atoms with E-state index >= 15 is 0 Å². The molecule has 0 spiro atoms. The molecule has 0 atom stereocenters. The first-order chi connectivity index (χ1) is 8.70. The van der Waals surface area contributed by atoms with E-state index in [1.807, 2.05) is 0 Å². The smallest absolute Gasteiger partial charge is 0.212 e. The van der Waals surface area contributed by atoms with Gasteiger partial charge in [-0.3, -0.25) is 0 Å². The van der Waals surface area contributed by atoms with Crippen LogP contribution in [0.25, 0.3) is 0 Å². The zero-order chi connectivity index (χ0) is 13.0. The van der Waals surface area contributed by atoms with Crippen LogP contribution < -0.4 is 10.1 Å². The maximum absolute atomic E-state index is 13.3. The number of ether oxygens (including phenoxy) is 1. The molecule has 0 amide bonds. The predicted molar refractivity (Wildman–Crippen MR) is 64.5 cm³/mol. The number of halogens is 2. The van der Waals surface area contributed by atoms with Crippen molar-refractivity contribution in [3.8, 4) is 5.88 Å². The lowest BCUT2D eigenvalue weighted by atomic mass is 10.2. The summed E-state index contributed by atoms with van der Waals surface area (Å²) < 4.78 is 31.6. The van der Waals surface area contributed by atoms with E-state index in [0.717, 1.165) is 5.56 Å². The molecule has 2 aromatic rings. The topological polar surface area (TPSA) is 34.1 Å². The van der Waals surface area contributed by atoms with Gasteiger partial charge >= 0.3 is 0 Å². The molecule has 0 aliphatic heterocycles. The van der Waals surface area contributed by atoms with E-state index in [4.69, 9.17) is 4.74 Å². The highest BCUT2D eigenvalue weighted by molar-refractivity contribution is 5.46. The summed E-state index contributed by atoms with van der Waals surface area (Å²) >= 11 is 0. The number of rotatable bonds is 4. The maximum Gasteiger partial charge on any atom is 0.212 e. The molecule has 18 heavy (non-hydrogen) atoms. The molecule has 5 heteroatoms. The van der Waals surface area contributed by atoms with E-state index in [0.29, 0.717) is 5.88 Å². The normalized spacial score (nSPS) is 10.2. The van der Waals surface area contributed by atoms with E-state index in [-0.39, 0.29) is 12.2 Å². The summed E-state index contributed by atoms with van der Waals surface area (Å²) in [7, 11) is 1.52. The van der Waals surface area contributed by atoms with Gasteiger partial charge in [-0.2, -0.15) is 0 Å². The Balaban J connectivity index is 2.06. The molecule has 1 aromatic carbocycles. The third-order valence-corrected chi connectivity index (χ3v) is 2.44. The number of hydrogen-bond donors (Lipinski definition) is 1. The van der Waals surface area contributed by atoms with Crippen molar-refractivity contribution in [2.45, 2.75) is 6.54 Å². The highest BCUT2D eigenvalue weighted by atomic mass is 19.1. The van der Waals surface area contributed by atoms with E-state index in [1.165, 1.54) is 25.3 Å². The molecule has 1 aromatic heterocycles. The average molecular weight is 250 g/mol. The number of pyridine rings is 1. The van der Waals surface area contributed by atoms with Gasteiger partial charge in [0.05, 0.1) is 7.11 Å². The Morgan fingerprint density at radius 1 is 1.17 bits per heavy atom. The van der Waals surface area contributed by atoms with Gasteiger partial charge in [0.2, 0.25) is 5.88 Å². The fourth-order valence-electron chi connectivity index (χ4n) is 1.49. The zero-order valence-corrected chi connectivity index (χ0v) is 9.78. The second-order valence-corrected chi connectivity index (χ2v) is 3.66. The lowest BCUT2D eigenvalue weighted by Gasteiger charge is -2.08. The van der Waals surface area contributed by atoms with Gasteiger partial charge in [0.1, 0.15) is 17.3 Å². The number of nitrogens with one attached hydrogen (secondary N) is 1. The zero-order valence-electron chi connectivity index (χ0n) is 9.78. The molecule has 0 fully saturated rings. The quantitative estimate of drug-likeness (QED) is 0.905. The van der Waals surface area contributed by atoms with Crippen molar-refractivity contribution in [1.29, 1.82) is 0 Å². The highest BCUT2D eigenvalue weighted by Crippen LogP contribution is 2.19. The molecule has 0 aliphatic carbocycles. The van der Waals surface area contributed by atoms with Gasteiger partial charge in [0, 0.05) is 18.8 Å². The Kier molecular flexibility index (Phi) is 3.72. The van der Waals surface area contributed by atoms with Gasteiger partial charge in [-0.25, -0.2) is 13.8 Å². The van der Waals surface area contributed by atoms with Crippen molar-refractivity contribution in [3.05, 3.63) is 53.7 Å². The Hall–Kier alpha value is -2.17. The minimum atomic E-state index is -0.614. The van der Waals surface area contributed by atoms with Crippen LogP contribution in [-0.2, 0) is 6.54 Å². The van der Waals surface area contributed by atoms with Crippen LogP contribution >= 0.6 is 0 Å². The van der Waals surface area contributed by atoms with Crippen LogP contribution in [0.1, 0.15) is 5.56 Å². The Morgan fingerprint density at radius 2 is 1.89 bits per heavy atom. The SMILES string of the molecule is COc1ccc(CNc2c(F)cccc2F)cn1. The molecular weight excluding hydrogens is 238 g/mol. The van der Waals surface area contributed by atoms with Crippen LogP contribution in [0, 0.1) is 11.6 Å². The highest BCUT2D eigenvalue weighted by Gasteiger charge is 2.07. The van der Waals surface area contributed by atoms with Gasteiger partial charge in [-0.05, 0) is 17.7 Å². The van der Waals surface area contributed by atoms with Crippen molar-refractivity contribution in [2.75, 3.05) is 12.4 Å². The molecular formula is C13H12F2N2O. The number of anilines is 1. The molecule has 0 bridgehead atoms. The van der Waals surface area contributed by atoms with Gasteiger partial charge < -0.3 is 10.1 Å². The van der Waals surface area contributed by atoms with Gasteiger partial charge in [-0.15, -0.1) is 0 Å².